The molecule has 2 aromatic rings. The Balaban J connectivity index is 1.60. The first kappa shape index (κ1) is 19.9. The summed E-state index contributed by atoms with van der Waals surface area (Å²) < 4.78 is 0. The minimum atomic E-state index is -0.913. The number of hydrogen-bond donors (Lipinski definition) is 2. The molecule has 2 aliphatic heterocycles. The van der Waals surface area contributed by atoms with Crippen LogP contribution >= 0.6 is 0 Å². The molecule has 0 radical (unpaired) electrons. The molecule has 0 spiro atoms. The van der Waals surface area contributed by atoms with Crippen LogP contribution in [0.2, 0.25) is 0 Å². The van der Waals surface area contributed by atoms with Gasteiger partial charge in [-0.15, -0.1) is 0 Å². The number of aromatic carboxylic acids is 1. The van der Waals surface area contributed by atoms with Crippen molar-refractivity contribution in [2.45, 2.75) is 32.7 Å². The van der Waals surface area contributed by atoms with Crippen molar-refractivity contribution in [2.24, 2.45) is 4.99 Å². The maximum Gasteiger partial charge on any atom is 0.336 e. The van der Waals surface area contributed by atoms with Crippen molar-refractivity contribution in [3.05, 3.63) is 83.3 Å². The molecule has 1 atom stereocenters. The molecule has 0 amide bonds. The fourth-order valence-corrected chi connectivity index (χ4v) is 4.08. The van der Waals surface area contributed by atoms with Gasteiger partial charge in [-0.3, -0.25) is 0 Å². The lowest BCUT2D eigenvalue weighted by molar-refractivity contribution is 0.00268. The molecule has 2 heterocycles. The van der Waals surface area contributed by atoms with Crippen LogP contribution in [0.4, 0.5) is 0 Å². The second-order valence-corrected chi connectivity index (χ2v) is 7.51. The number of fused-ring (bicyclic) bond motifs is 1. The number of nitrogens with one attached hydrogen (secondary N) is 1. The van der Waals surface area contributed by atoms with E-state index >= 15 is 0 Å². The van der Waals surface area contributed by atoms with Gasteiger partial charge in [0.25, 0.3) is 0 Å². The second kappa shape index (κ2) is 8.16. The Kier molecular flexibility index (Phi) is 5.42. The Bertz CT molecular complexity index is 1050. The Labute approximate surface area is 176 Å². The highest BCUT2D eigenvalue weighted by atomic mass is 16.4. The van der Waals surface area contributed by atoms with E-state index in [0.29, 0.717) is 5.56 Å². The summed E-state index contributed by atoms with van der Waals surface area (Å²) in [7, 11) is 1.91. The molecule has 154 valence electrons. The van der Waals surface area contributed by atoms with Gasteiger partial charge in [0.1, 0.15) is 5.82 Å². The Morgan fingerprint density at radius 2 is 1.90 bits per heavy atom. The molecule has 0 bridgehead atoms. The van der Waals surface area contributed by atoms with Gasteiger partial charge < -0.3 is 5.11 Å². The zero-order chi connectivity index (χ0) is 21.3. The molecule has 6 nitrogen and oxygen atoms in total. The van der Waals surface area contributed by atoms with Crippen molar-refractivity contribution in [3.8, 4) is 11.1 Å². The smallest absolute Gasteiger partial charge is 0.336 e. The van der Waals surface area contributed by atoms with Gasteiger partial charge in [-0.05, 0) is 47.8 Å². The number of carboxylic acid groups (broad SMARTS) is 1. The van der Waals surface area contributed by atoms with Gasteiger partial charge in [-0.2, -0.15) is 0 Å². The average Bonchev–Trinajstić information content (AvgIpc) is 3.10. The summed E-state index contributed by atoms with van der Waals surface area (Å²) in [6.45, 7) is 4.21. The number of hydrogen-bond acceptors (Lipinski definition) is 5. The van der Waals surface area contributed by atoms with Crippen molar-refractivity contribution >= 4 is 11.7 Å². The number of aliphatic imine (C=N–C) groups is 1. The molecule has 0 fully saturated rings. The molecule has 0 aliphatic carbocycles. The lowest BCUT2D eigenvalue weighted by Crippen LogP contribution is -2.51. The van der Waals surface area contributed by atoms with Crippen LogP contribution in [-0.4, -0.2) is 40.0 Å². The van der Waals surface area contributed by atoms with Gasteiger partial charge >= 0.3 is 5.97 Å². The maximum atomic E-state index is 11.5. The molecule has 0 saturated heterocycles. The normalized spacial score (nSPS) is 18.0. The zero-order valence-corrected chi connectivity index (χ0v) is 17.5. The minimum absolute atomic E-state index is 0.134. The Morgan fingerprint density at radius 3 is 2.57 bits per heavy atom. The van der Waals surface area contributed by atoms with Crippen molar-refractivity contribution in [3.63, 3.8) is 0 Å². The molecule has 0 saturated carbocycles. The molecule has 30 heavy (non-hydrogen) atoms. The van der Waals surface area contributed by atoms with Crippen LogP contribution in [0.5, 0.6) is 0 Å². The topological polar surface area (TPSA) is 68.2 Å². The van der Waals surface area contributed by atoms with E-state index in [-0.39, 0.29) is 6.04 Å². The lowest BCUT2D eigenvalue weighted by Gasteiger charge is -2.39. The third kappa shape index (κ3) is 3.62. The third-order valence-electron chi connectivity index (χ3n) is 5.53. The highest BCUT2D eigenvalue weighted by Gasteiger charge is 2.35. The van der Waals surface area contributed by atoms with Crippen LogP contribution in [0.25, 0.3) is 11.1 Å². The SMILES string of the molecule is CCC1=NC2=CC(C)=CN(NC)N2C1Cc1ccc(-c2ccccc2C(=O)O)cc1. The quantitative estimate of drug-likeness (QED) is 0.756. The van der Waals surface area contributed by atoms with Crippen LogP contribution in [0.1, 0.15) is 36.2 Å². The van der Waals surface area contributed by atoms with Gasteiger partial charge in [0.05, 0.1) is 11.6 Å². The van der Waals surface area contributed by atoms with E-state index in [2.05, 4.69) is 48.7 Å². The van der Waals surface area contributed by atoms with Gasteiger partial charge in [0.2, 0.25) is 0 Å². The molecule has 2 N–H and O–H groups in total. The number of allylic oxidation sites excluding steroid dienone is 2. The molecule has 6 heteroatoms. The Hall–Kier alpha value is -3.38. The Morgan fingerprint density at radius 1 is 1.17 bits per heavy atom. The number of carboxylic acids is 1. The number of rotatable bonds is 6. The summed E-state index contributed by atoms with van der Waals surface area (Å²) in [5.41, 5.74) is 8.67. The summed E-state index contributed by atoms with van der Waals surface area (Å²) in [5, 5.41) is 13.7. The minimum Gasteiger partial charge on any atom is -0.478 e. The van der Waals surface area contributed by atoms with Gasteiger partial charge in [-0.1, -0.05) is 49.4 Å². The molecular weight excluding hydrogens is 376 g/mol. The predicted octanol–water partition coefficient (Wildman–Crippen LogP) is 4.24. The maximum absolute atomic E-state index is 11.5. The lowest BCUT2D eigenvalue weighted by atomic mass is 9.96. The average molecular weight is 402 g/mol. The third-order valence-corrected chi connectivity index (χ3v) is 5.53. The zero-order valence-electron chi connectivity index (χ0n) is 17.5. The molecule has 4 rings (SSSR count). The van der Waals surface area contributed by atoms with Gasteiger partial charge in [0, 0.05) is 25.4 Å². The number of nitrogens with zero attached hydrogens (tertiary/aromatic N) is 3. The van der Waals surface area contributed by atoms with Crippen molar-refractivity contribution in [2.75, 3.05) is 7.05 Å². The fraction of sp³-hybridized carbons (Fsp3) is 0.250. The van der Waals surface area contributed by atoms with Crippen molar-refractivity contribution < 1.29 is 9.90 Å². The summed E-state index contributed by atoms with van der Waals surface area (Å²) >= 11 is 0. The fourth-order valence-electron chi connectivity index (χ4n) is 4.08. The van der Waals surface area contributed by atoms with Crippen LogP contribution in [0.15, 0.2) is 77.2 Å². The standard InChI is InChI=1S/C24H26N4O2/c1-4-21-22(28-23(26-21)13-16(2)15-27(28)25-3)14-17-9-11-18(12-10-17)19-7-5-6-8-20(19)24(29)30/h5-13,15,22,25H,4,14H2,1-3H3,(H,29,30). The molecule has 2 aromatic carbocycles. The first-order valence-corrected chi connectivity index (χ1v) is 10.2. The molecule has 0 aromatic heterocycles. The number of hydrazine groups is 2. The summed E-state index contributed by atoms with van der Waals surface area (Å²) in [6.07, 6.45) is 5.88. The first-order valence-electron chi connectivity index (χ1n) is 10.2. The van der Waals surface area contributed by atoms with E-state index < -0.39 is 5.97 Å². The van der Waals surface area contributed by atoms with Crippen LogP contribution in [-0.2, 0) is 6.42 Å². The van der Waals surface area contributed by atoms with E-state index in [1.807, 2.05) is 36.4 Å². The molecule has 1 unspecified atom stereocenters. The largest absolute Gasteiger partial charge is 0.478 e. The van der Waals surface area contributed by atoms with Crippen molar-refractivity contribution in [1.29, 1.82) is 0 Å². The van der Waals surface area contributed by atoms with Gasteiger partial charge in [0.15, 0.2) is 0 Å². The van der Waals surface area contributed by atoms with Gasteiger partial charge in [-0.25, -0.2) is 25.3 Å². The summed E-state index contributed by atoms with van der Waals surface area (Å²) in [6, 6.07) is 15.4. The second-order valence-electron chi connectivity index (χ2n) is 7.51. The predicted molar refractivity (Wildman–Crippen MR) is 119 cm³/mol. The molecule has 2 aliphatic rings. The van der Waals surface area contributed by atoms with Crippen LogP contribution in [0, 0.1) is 0 Å². The van der Waals surface area contributed by atoms with Crippen LogP contribution in [0.3, 0.4) is 0 Å². The molecular formula is C24H26N4O2. The number of benzene rings is 2. The first-order chi connectivity index (χ1) is 14.5. The summed E-state index contributed by atoms with van der Waals surface area (Å²) in [5.74, 6) is 0.0440. The van der Waals surface area contributed by atoms with E-state index in [1.54, 1.807) is 12.1 Å². The van der Waals surface area contributed by atoms with Crippen LogP contribution < -0.4 is 5.43 Å². The van der Waals surface area contributed by atoms with Crippen molar-refractivity contribution in [1.82, 2.24) is 15.6 Å². The highest BCUT2D eigenvalue weighted by Crippen LogP contribution is 2.31. The van der Waals surface area contributed by atoms with E-state index in [9.17, 15) is 9.90 Å². The van der Waals surface area contributed by atoms with E-state index in [4.69, 9.17) is 4.99 Å². The van der Waals surface area contributed by atoms with E-state index in [1.165, 1.54) is 5.56 Å². The monoisotopic (exact) mass is 402 g/mol. The summed E-state index contributed by atoms with van der Waals surface area (Å²) in [4.78, 5) is 16.4. The number of carbonyl (C=O) groups is 1. The highest BCUT2D eigenvalue weighted by molar-refractivity contribution is 5.96. The van der Waals surface area contributed by atoms with E-state index in [0.717, 1.165) is 41.1 Å².